The summed E-state index contributed by atoms with van der Waals surface area (Å²) >= 11 is 0. The van der Waals surface area contributed by atoms with Gasteiger partial charge >= 0.3 is 0 Å². The first-order valence-electron chi connectivity index (χ1n) is 8.45. The van der Waals surface area contributed by atoms with Crippen molar-refractivity contribution in [3.63, 3.8) is 0 Å². The number of rotatable bonds is 5. The van der Waals surface area contributed by atoms with Gasteiger partial charge in [0, 0.05) is 42.3 Å². The highest BCUT2D eigenvalue weighted by Gasteiger charge is 2.07. The molecule has 1 unspecified atom stereocenters. The second-order valence-electron chi connectivity index (χ2n) is 6.16. The molecule has 0 aliphatic carbocycles. The molecule has 0 spiro atoms. The van der Waals surface area contributed by atoms with E-state index in [0.717, 1.165) is 17.7 Å². The predicted molar refractivity (Wildman–Crippen MR) is 108 cm³/mol. The number of hydrogen-bond acceptors (Lipinski definition) is 3. The Hall–Kier alpha value is -2.69. The molecule has 0 radical (unpaired) electrons. The Morgan fingerprint density at radius 3 is 2.58 bits per heavy atom. The number of imidazole rings is 1. The normalized spacial score (nSPS) is 11.9. The number of nitrogens with zero attached hydrogens (tertiary/aromatic N) is 3. The molecule has 2 heterocycles. The van der Waals surface area contributed by atoms with E-state index in [9.17, 15) is 0 Å². The molecule has 0 bridgehead atoms. The molecular formula is C21H21ClN4. The molecule has 132 valence electrons. The third-order valence-corrected chi connectivity index (χ3v) is 4.51. The summed E-state index contributed by atoms with van der Waals surface area (Å²) in [7, 11) is 0. The van der Waals surface area contributed by atoms with E-state index in [1.165, 1.54) is 16.5 Å². The molecule has 2 aromatic carbocycles. The zero-order chi connectivity index (χ0) is 17.1. The first-order valence-corrected chi connectivity index (χ1v) is 8.45. The van der Waals surface area contributed by atoms with Gasteiger partial charge in [0.05, 0.1) is 11.8 Å². The number of halogens is 1. The van der Waals surface area contributed by atoms with Gasteiger partial charge in [-0.1, -0.05) is 36.4 Å². The standard InChI is InChI=1S/C21H20N4.ClH/c1-16(17-7-9-20(10-8-17)25-13-12-22-15-25)24-14-19-5-2-4-18-6-3-11-23-21(18)19;/h2-13,15-16,24H,14H2,1H3;1H. The fourth-order valence-electron chi connectivity index (χ4n) is 3.04. The highest BCUT2D eigenvalue weighted by atomic mass is 35.5. The van der Waals surface area contributed by atoms with Crippen LogP contribution < -0.4 is 5.32 Å². The quantitative estimate of drug-likeness (QED) is 0.558. The number of hydrogen-bond donors (Lipinski definition) is 1. The Bertz CT molecular complexity index is 960. The molecule has 1 atom stereocenters. The van der Waals surface area contributed by atoms with Gasteiger partial charge in [0.25, 0.3) is 0 Å². The van der Waals surface area contributed by atoms with E-state index in [4.69, 9.17) is 0 Å². The Morgan fingerprint density at radius 2 is 1.81 bits per heavy atom. The lowest BCUT2D eigenvalue weighted by Crippen LogP contribution is -2.18. The summed E-state index contributed by atoms with van der Waals surface area (Å²) in [4.78, 5) is 8.61. The van der Waals surface area contributed by atoms with Gasteiger partial charge in [-0.15, -0.1) is 12.4 Å². The summed E-state index contributed by atoms with van der Waals surface area (Å²) in [6.07, 6.45) is 7.40. The van der Waals surface area contributed by atoms with Gasteiger partial charge in [-0.2, -0.15) is 0 Å². The van der Waals surface area contributed by atoms with E-state index in [0.29, 0.717) is 0 Å². The highest BCUT2D eigenvalue weighted by molar-refractivity contribution is 5.85. The number of aromatic nitrogens is 3. The zero-order valence-electron chi connectivity index (χ0n) is 14.5. The monoisotopic (exact) mass is 364 g/mol. The summed E-state index contributed by atoms with van der Waals surface area (Å²) in [5.74, 6) is 0. The second kappa shape index (κ2) is 8.13. The summed E-state index contributed by atoms with van der Waals surface area (Å²) in [6, 6.07) is 19.2. The molecule has 0 saturated heterocycles. The first-order chi connectivity index (χ1) is 12.3. The molecule has 1 N–H and O–H groups in total. The van der Waals surface area contributed by atoms with Gasteiger partial charge in [0.1, 0.15) is 0 Å². The van der Waals surface area contributed by atoms with E-state index < -0.39 is 0 Å². The third kappa shape index (κ3) is 3.77. The Kier molecular flexibility index (Phi) is 5.66. The Labute approximate surface area is 159 Å². The Morgan fingerprint density at radius 1 is 1.00 bits per heavy atom. The van der Waals surface area contributed by atoms with E-state index in [2.05, 4.69) is 70.7 Å². The van der Waals surface area contributed by atoms with Crippen LogP contribution in [0, 0.1) is 0 Å². The molecule has 2 aromatic heterocycles. The smallest absolute Gasteiger partial charge is 0.0991 e. The first kappa shape index (κ1) is 18.1. The van der Waals surface area contributed by atoms with Crippen LogP contribution in [0.4, 0.5) is 0 Å². The molecule has 4 nitrogen and oxygen atoms in total. The summed E-state index contributed by atoms with van der Waals surface area (Å²) in [5, 5.41) is 4.78. The minimum atomic E-state index is 0. The lowest BCUT2D eigenvalue weighted by molar-refractivity contribution is 0.576. The van der Waals surface area contributed by atoms with Crippen molar-refractivity contribution in [2.24, 2.45) is 0 Å². The van der Waals surface area contributed by atoms with Crippen LogP contribution in [0.1, 0.15) is 24.1 Å². The second-order valence-corrected chi connectivity index (χ2v) is 6.16. The van der Waals surface area contributed by atoms with Gasteiger partial charge in [-0.05, 0) is 36.2 Å². The fourth-order valence-corrected chi connectivity index (χ4v) is 3.04. The topological polar surface area (TPSA) is 42.7 Å². The lowest BCUT2D eigenvalue weighted by atomic mass is 10.1. The van der Waals surface area contributed by atoms with Crippen molar-refractivity contribution in [3.8, 4) is 5.69 Å². The van der Waals surface area contributed by atoms with Crippen LogP contribution in [0.25, 0.3) is 16.6 Å². The SMILES string of the molecule is CC(NCc1cccc2cccnc12)c1ccc(-n2ccnc2)cc1.Cl. The molecule has 0 aliphatic rings. The molecule has 0 amide bonds. The van der Waals surface area contributed by atoms with E-state index in [1.807, 2.05) is 29.4 Å². The van der Waals surface area contributed by atoms with Crippen molar-refractivity contribution < 1.29 is 0 Å². The van der Waals surface area contributed by atoms with Gasteiger partial charge < -0.3 is 9.88 Å². The molecule has 0 fully saturated rings. The molecule has 4 rings (SSSR count). The zero-order valence-corrected chi connectivity index (χ0v) is 15.4. The average Bonchev–Trinajstić information content (AvgIpc) is 3.21. The molecule has 5 heteroatoms. The maximum absolute atomic E-state index is 4.52. The lowest BCUT2D eigenvalue weighted by Gasteiger charge is -2.16. The average molecular weight is 365 g/mol. The minimum absolute atomic E-state index is 0. The van der Waals surface area contributed by atoms with Crippen molar-refractivity contribution in [1.82, 2.24) is 19.9 Å². The van der Waals surface area contributed by atoms with Crippen molar-refractivity contribution in [1.29, 1.82) is 0 Å². The van der Waals surface area contributed by atoms with Gasteiger partial charge in [0.15, 0.2) is 0 Å². The molecule has 4 aromatic rings. The third-order valence-electron chi connectivity index (χ3n) is 4.51. The number of para-hydroxylation sites is 1. The maximum Gasteiger partial charge on any atom is 0.0991 e. The number of benzene rings is 2. The van der Waals surface area contributed by atoms with Gasteiger partial charge in [-0.25, -0.2) is 4.98 Å². The summed E-state index contributed by atoms with van der Waals surface area (Å²) in [6.45, 7) is 2.98. The van der Waals surface area contributed by atoms with Crippen molar-refractivity contribution >= 4 is 23.3 Å². The maximum atomic E-state index is 4.52. The van der Waals surface area contributed by atoms with E-state index in [-0.39, 0.29) is 18.4 Å². The number of pyridine rings is 1. The van der Waals surface area contributed by atoms with Crippen molar-refractivity contribution in [2.75, 3.05) is 0 Å². The van der Waals surface area contributed by atoms with Crippen molar-refractivity contribution in [3.05, 3.63) is 90.6 Å². The predicted octanol–water partition coefficient (Wildman–Crippen LogP) is 4.69. The van der Waals surface area contributed by atoms with Crippen LogP contribution in [-0.2, 0) is 6.54 Å². The highest BCUT2D eigenvalue weighted by Crippen LogP contribution is 2.19. The van der Waals surface area contributed by atoms with Gasteiger partial charge in [0.2, 0.25) is 0 Å². The number of fused-ring (bicyclic) bond motifs is 1. The van der Waals surface area contributed by atoms with Crippen LogP contribution >= 0.6 is 12.4 Å². The minimum Gasteiger partial charge on any atom is -0.306 e. The van der Waals surface area contributed by atoms with E-state index >= 15 is 0 Å². The largest absolute Gasteiger partial charge is 0.306 e. The molecule has 0 saturated carbocycles. The molecule has 0 aliphatic heterocycles. The molecular weight excluding hydrogens is 344 g/mol. The van der Waals surface area contributed by atoms with E-state index in [1.54, 1.807) is 6.20 Å². The van der Waals surface area contributed by atoms with Crippen LogP contribution in [0.15, 0.2) is 79.5 Å². The van der Waals surface area contributed by atoms with Gasteiger partial charge in [-0.3, -0.25) is 4.98 Å². The molecule has 26 heavy (non-hydrogen) atoms. The van der Waals surface area contributed by atoms with Crippen LogP contribution in [0.5, 0.6) is 0 Å². The summed E-state index contributed by atoms with van der Waals surface area (Å²) in [5.41, 5.74) is 4.67. The van der Waals surface area contributed by atoms with Crippen LogP contribution in [-0.4, -0.2) is 14.5 Å². The fraction of sp³-hybridized carbons (Fsp3) is 0.143. The number of nitrogens with one attached hydrogen (secondary N) is 1. The van der Waals surface area contributed by atoms with Crippen LogP contribution in [0.3, 0.4) is 0 Å². The van der Waals surface area contributed by atoms with Crippen molar-refractivity contribution in [2.45, 2.75) is 19.5 Å². The van der Waals surface area contributed by atoms with Crippen LogP contribution in [0.2, 0.25) is 0 Å². The summed E-state index contributed by atoms with van der Waals surface area (Å²) < 4.78 is 2.00. The Balaban J connectivity index is 0.00000196.